The summed E-state index contributed by atoms with van der Waals surface area (Å²) in [5.41, 5.74) is 7.44. The first-order valence-corrected chi connectivity index (χ1v) is 8.54. The van der Waals surface area contributed by atoms with Crippen molar-refractivity contribution >= 4 is 15.9 Å². The van der Waals surface area contributed by atoms with Crippen LogP contribution in [0.1, 0.15) is 52.1 Å². The SMILES string of the molecule is CCC(CC)N(CC(C)C)C(CN)c1ccccc1Br. The van der Waals surface area contributed by atoms with Crippen LogP contribution in [0.2, 0.25) is 0 Å². The molecule has 3 heteroatoms. The average Bonchev–Trinajstić information content (AvgIpc) is 2.42. The van der Waals surface area contributed by atoms with E-state index in [1.165, 1.54) is 18.4 Å². The van der Waals surface area contributed by atoms with E-state index in [0.717, 1.165) is 11.0 Å². The predicted molar refractivity (Wildman–Crippen MR) is 91.9 cm³/mol. The molecule has 0 fully saturated rings. The molecule has 0 aliphatic rings. The van der Waals surface area contributed by atoms with Crippen LogP contribution in [0.3, 0.4) is 0 Å². The zero-order valence-corrected chi connectivity index (χ0v) is 14.9. The number of benzene rings is 1. The second-order valence-corrected chi connectivity index (χ2v) is 6.69. The minimum atomic E-state index is 0.290. The van der Waals surface area contributed by atoms with Crippen molar-refractivity contribution < 1.29 is 0 Å². The van der Waals surface area contributed by atoms with Crippen LogP contribution in [-0.4, -0.2) is 24.0 Å². The van der Waals surface area contributed by atoms with Crippen molar-refractivity contribution in [2.24, 2.45) is 11.7 Å². The second kappa shape index (κ2) is 8.81. The Kier molecular flexibility index (Phi) is 7.78. The van der Waals surface area contributed by atoms with Gasteiger partial charge in [0.1, 0.15) is 0 Å². The molecule has 1 aromatic carbocycles. The van der Waals surface area contributed by atoms with E-state index >= 15 is 0 Å². The Morgan fingerprint density at radius 2 is 1.75 bits per heavy atom. The Morgan fingerprint density at radius 1 is 1.15 bits per heavy atom. The number of rotatable bonds is 8. The lowest BCUT2D eigenvalue weighted by atomic mass is 9.99. The number of hydrogen-bond acceptors (Lipinski definition) is 2. The van der Waals surface area contributed by atoms with Gasteiger partial charge in [-0.3, -0.25) is 4.90 Å². The van der Waals surface area contributed by atoms with Gasteiger partial charge in [0.05, 0.1) is 0 Å². The van der Waals surface area contributed by atoms with E-state index in [2.05, 4.69) is 72.8 Å². The molecule has 0 heterocycles. The van der Waals surface area contributed by atoms with E-state index in [9.17, 15) is 0 Å². The number of hydrogen-bond donors (Lipinski definition) is 1. The second-order valence-electron chi connectivity index (χ2n) is 5.83. The van der Waals surface area contributed by atoms with Crippen molar-refractivity contribution in [1.29, 1.82) is 0 Å². The Balaban J connectivity index is 3.10. The van der Waals surface area contributed by atoms with Crippen molar-refractivity contribution in [2.75, 3.05) is 13.1 Å². The van der Waals surface area contributed by atoms with Crippen molar-refractivity contribution in [3.05, 3.63) is 34.3 Å². The van der Waals surface area contributed by atoms with Crippen LogP contribution in [0.15, 0.2) is 28.7 Å². The summed E-state index contributed by atoms with van der Waals surface area (Å²) in [5, 5.41) is 0. The summed E-state index contributed by atoms with van der Waals surface area (Å²) in [6, 6.07) is 9.35. The van der Waals surface area contributed by atoms with Gasteiger partial charge in [0, 0.05) is 29.6 Å². The van der Waals surface area contributed by atoms with Gasteiger partial charge in [-0.2, -0.15) is 0 Å². The van der Waals surface area contributed by atoms with E-state index in [1.54, 1.807) is 0 Å². The molecular weight excluding hydrogens is 312 g/mol. The van der Waals surface area contributed by atoms with Gasteiger partial charge in [0.15, 0.2) is 0 Å². The fourth-order valence-corrected chi connectivity index (χ4v) is 3.45. The van der Waals surface area contributed by atoms with E-state index in [-0.39, 0.29) is 6.04 Å². The normalized spacial score (nSPS) is 13.4. The van der Waals surface area contributed by atoms with Gasteiger partial charge in [0.25, 0.3) is 0 Å². The highest BCUT2D eigenvalue weighted by molar-refractivity contribution is 9.10. The molecule has 0 radical (unpaired) electrons. The molecule has 2 N–H and O–H groups in total. The van der Waals surface area contributed by atoms with Crippen LogP contribution in [0.25, 0.3) is 0 Å². The highest BCUT2D eigenvalue weighted by Gasteiger charge is 2.26. The Bertz CT molecular complexity index is 388. The molecule has 0 amide bonds. The molecule has 0 aliphatic heterocycles. The Morgan fingerprint density at radius 3 is 2.20 bits per heavy atom. The standard InChI is InChI=1S/C17H29BrN2/c1-5-14(6-2)20(12-13(3)4)17(11-19)15-9-7-8-10-16(15)18/h7-10,13-14,17H,5-6,11-12,19H2,1-4H3. The maximum Gasteiger partial charge on any atom is 0.0484 e. The molecular formula is C17H29BrN2. The lowest BCUT2D eigenvalue weighted by Crippen LogP contribution is -2.43. The number of halogens is 1. The van der Waals surface area contributed by atoms with Gasteiger partial charge in [-0.1, -0.05) is 61.8 Å². The van der Waals surface area contributed by atoms with Gasteiger partial charge in [0.2, 0.25) is 0 Å². The van der Waals surface area contributed by atoms with Crippen molar-refractivity contribution in [2.45, 2.75) is 52.6 Å². The quantitative estimate of drug-likeness (QED) is 0.749. The van der Waals surface area contributed by atoms with Crippen LogP contribution in [0.5, 0.6) is 0 Å². The zero-order chi connectivity index (χ0) is 15.1. The molecule has 1 unspecified atom stereocenters. The van der Waals surface area contributed by atoms with Gasteiger partial charge in [-0.05, 0) is 30.4 Å². The molecule has 0 saturated heterocycles. The molecule has 0 saturated carbocycles. The summed E-state index contributed by atoms with van der Waals surface area (Å²) in [5.74, 6) is 0.645. The van der Waals surface area contributed by atoms with Crippen molar-refractivity contribution in [3.63, 3.8) is 0 Å². The fourth-order valence-electron chi connectivity index (χ4n) is 2.90. The van der Waals surface area contributed by atoms with E-state index in [1.807, 2.05) is 0 Å². The molecule has 0 aliphatic carbocycles. The van der Waals surface area contributed by atoms with Crippen LogP contribution >= 0.6 is 15.9 Å². The molecule has 1 aromatic rings. The lowest BCUT2D eigenvalue weighted by molar-refractivity contribution is 0.112. The molecule has 2 nitrogen and oxygen atoms in total. The predicted octanol–water partition coefficient (Wildman–Crippen LogP) is 4.60. The summed E-state index contributed by atoms with van der Waals surface area (Å²) in [7, 11) is 0. The number of nitrogens with zero attached hydrogens (tertiary/aromatic N) is 1. The highest BCUT2D eigenvalue weighted by Crippen LogP contribution is 2.30. The van der Waals surface area contributed by atoms with E-state index in [0.29, 0.717) is 18.5 Å². The molecule has 114 valence electrons. The fraction of sp³-hybridized carbons (Fsp3) is 0.647. The summed E-state index contributed by atoms with van der Waals surface area (Å²) in [6.45, 7) is 10.9. The third-order valence-corrected chi connectivity index (χ3v) is 4.60. The van der Waals surface area contributed by atoms with Gasteiger partial charge < -0.3 is 5.73 Å². The molecule has 0 spiro atoms. The van der Waals surface area contributed by atoms with E-state index < -0.39 is 0 Å². The molecule has 0 aromatic heterocycles. The summed E-state index contributed by atoms with van der Waals surface area (Å²) in [4.78, 5) is 2.60. The minimum Gasteiger partial charge on any atom is -0.329 e. The molecule has 1 atom stereocenters. The lowest BCUT2D eigenvalue weighted by Gasteiger charge is -2.39. The maximum absolute atomic E-state index is 6.14. The summed E-state index contributed by atoms with van der Waals surface area (Å²) in [6.07, 6.45) is 2.34. The van der Waals surface area contributed by atoms with Gasteiger partial charge in [-0.15, -0.1) is 0 Å². The summed E-state index contributed by atoms with van der Waals surface area (Å²) < 4.78 is 1.16. The van der Waals surface area contributed by atoms with Gasteiger partial charge >= 0.3 is 0 Å². The molecule has 20 heavy (non-hydrogen) atoms. The minimum absolute atomic E-state index is 0.290. The largest absolute Gasteiger partial charge is 0.329 e. The highest BCUT2D eigenvalue weighted by atomic mass is 79.9. The van der Waals surface area contributed by atoms with Crippen LogP contribution in [0, 0.1) is 5.92 Å². The molecule has 1 rings (SSSR count). The smallest absolute Gasteiger partial charge is 0.0484 e. The third kappa shape index (κ3) is 4.57. The van der Waals surface area contributed by atoms with Crippen LogP contribution in [-0.2, 0) is 0 Å². The average molecular weight is 341 g/mol. The zero-order valence-electron chi connectivity index (χ0n) is 13.3. The summed E-state index contributed by atoms with van der Waals surface area (Å²) >= 11 is 3.68. The van der Waals surface area contributed by atoms with Crippen LogP contribution < -0.4 is 5.73 Å². The first-order valence-electron chi connectivity index (χ1n) is 7.75. The first kappa shape index (κ1) is 17.7. The topological polar surface area (TPSA) is 29.3 Å². The molecule has 0 bridgehead atoms. The number of nitrogens with two attached hydrogens (primary N) is 1. The van der Waals surface area contributed by atoms with Crippen molar-refractivity contribution in [3.8, 4) is 0 Å². The van der Waals surface area contributed by atoms with E-state index in [4.69, 9.17) is 5.73 Å². The monoisotopic (exact) mass is 340 g/mol. The van der Waals surface area contributed by atoms with Crippen molar-refractivity contribution in [1.82, 2.24) is 4.90 Å². The van der Waals surface area contributed by atoms with Gasteiger partial charge in [-0.25, -0.2) is 0 Å². The van der Waals surface area contributed by atoms with Crippen LogP contribution in [0.4, 0.5) is 0 Å². The third-order valence-electron chi connectivity index (χ3n) is 3.88. The Hall–Kier alpha value is -0.380. The maximum atomic E-state index is 6.14. The first-order chi connectivity index (χ1) is 9.54. The Labute approximate surface area is 132 Å².